The molecule has 1 aliphatic carbocycles. The van der Waals surface area contributed by atoms with E-state index in [1.807, 2.05) is 6.07 Å². The van der Waals surface area contributed by atoms with E-state index in [1.165, 1.54) is 24.5 Å². The summed E-state index contributed by atoms with van der Waals surface area (Å²) in [6.45, 7) is 11.5. The van der Waals surface area contributed by atoms with Gasteiger partial charge in [-0.2, -0.15) is 13.2 Å². The average molecular weight is 570 g/mol. The quantitative estimate of drug-likeness (QED) is 0.454. The van der Waals surface area contributed by atoms with Crippen LogP contribution in [0.4, 0.5) is 13.2 Å². The number of piperidine rings is 1. The number of nitrogens with zero attached hydrogens (tertiary/aromatic N) is 4. The number of aromatic nitrogens is 2. The lowest BCUT2D eigenvalue weighted by molar-refractivity contribution is -0.141. The van der Waals surface area contributed by atoms with E-state index in [1.54, 1.807) is 15.9 Å². The largest absolute Gasteiger partial charge is 0.433 e. The van der Waals surface area contributed by atoms with Crippen LogP contribution < -0.4 is 5.73 Å². The van der Waals surface area contributed by atoms with Gasteiger partial charge >= 0.3 is 6.18 Å². The number of alkyl halides is 3. The third-order valence-corrected chi connectivity index (χ3v) is 9.87. The normalized spacial score (nSPS) is 23.8. The highest BCUT2D eigenvalue weighted by Crippen LogP contribution is 2.66. The van der Waals surface area contributed by atoms with Crippen LogP contribution in [-0.4, -0.2) is 51.2 Å². The average Bonchev–Trinajstić information content (AvgIpc) is 3.32. The second-order valence-corrected chi connectivity index (χ2v) is 12.8. The number of hydrogen-bond acceptors (Lipinski definition) is 6. The topological polar surface area (TPSA) is 92.4 Å². The van der Waals surface area contributed by atoms with E-state index in [0.29, 0.717) is 42.0 Å². The van der Waals surface area contributed by atoms with Crippen LogP contribution in [0.1, 0.15) is 46.8 Å². The zero-order valence-corrected chi connectivity index (χ0v) is 23.3. The molecule has 2 N–H and O–H groups in total. The van der Waals surface area contributed by atoms with Gasteiger partial charge in [0.05, 0.1) is 33.9 Å². The Labute approximate surface area is 233 Å². The van der Waals surface area contributed by atoms with Crippen molar-refractivity contribution >= 4 is 33.4 Å². The molecule has 2 aliphatic heterocycles. The third-order valence-electron chi connectivity index (χ3n) is 8.72. The molecule has 2 saturated heterocycles. The number of rotatable bonds is 5. The highest BCUT2D eigenvalue weighted by atomic mass is 32.1. The SMILES string of the molecule is C=C1C2C(C(=O)N1Cc1cc3nccc(-c4nc(C(F)(F)F)cc(C)c4C(=O)N4CCC(CN)C4)c3s1)C2(C)C. The highest BCUT2D eigenvalue weighted by molar-refractivity contribution is 7.19. The van der Waals surface area contributed by atoms with Crippen molar-refractivity contribution in [3.05, 3.63) is 58.4 Å². The van der Waals surface area contributed by atoms with Gasteiger partial charge in [-0.15, -0.1) is 11.3 Å². The Hall–Kier alpha value is -3.31. The van der Waals surface area contributed by atoms with Gasteiger partial charge in [0.15, 0.2) is 0 Å². The van der Waals surface area contributed by atoms with Crippen molar-refractivity contribution in [2.24, 2.45) is 28.9 Å². The highest BCUT2D eigenvalue weighted by Gasteiger charge is 2.69. The van der Waals surface area contributed by atoms with Crippen molar-refractivity contribution in [3.8, 4) is 11.3 Å². The van der Waals surface area contributed by atoms with Crippen molar-refractivity contribution < 1.29 is 22.8 Å². The predicted octanol–water partition coefficient (Wildman–Crippen LogP) is 5.23. The molecule has 0 aromatic carbocycles. The van der Waals surface area contributed by atoms with E-state index in [-0.39, 0.29) is 51.8 Å². The molecule has 0 radical (unpaired) electrons. The summed E-state index contributed by atoms with van der Waals surface area (Å²) >= 11 is 1.34. The number of carbonyl (C=O) groups excluding carboxylic acids is 2. The molecule has 3 aromatic rings. The Bertz CT molecular complexity index is 1560. The van der Waals surface area contributed by atoms with Crippen LogP contribution >= 0.6 is 11.3 Å². The van der Waals surface area contributed by atoms with Crippen LogP contribution in [0.5, 0.6) is 0 Å². The molecule has 11 heteroatoms. The number of likely N-dealkylation sites (tertiary alicyclic amines) is 2. The van der Waals surface area contributed by atoms with E-state index in [4.69, 9.17) is 5.73 Å². The van der Waals surface area contributed by atoms with Gasteiger partial charge in [-0.3, -0.25) is 14.6 Å². The summed E-state index contributed by atoms with van der Waals surface area (Å²) in [5.74, 6) is -0.0682. The lowest BCUT2D eigenvalue weighted by Gasteiger charge is -2.23. The van der Waals surface area contributed by atoms with Gasteiger partial charge < -0.3 is 15.5 Å². The molecule has 40 heavy (non-hydrogen) atoms. The molecule has 6 rings (SSSR count). The summed E-state index contributed by atoms with van der Waals surface area (Å²) in [6.07, 6.45) is -2.42. The van der Waals surface area contributed by atoms with Crippen LogP contribution in [-0.2, 0) is 17.5 Å². The van der Waals surface area contributed by atoms with Crippen LogP contribution in [0.3, 0.4) is 0 Å². The fourth-order valence-corrected chi connectivity index (χ4v) is 7.55. The van der Waals surface area contributed by atoms with Crippen LogP contribution in [0.25, 0.3) is 21.5 Å². The molecule has 3 aliphatic rings. The summed E-state index contributed by atoms with van der Waals surface area (Å²) in [4.78, 5) is 39.4. The first kappa shape index (κ1) is 26.9. The Kier molecular flexibility index (Phi) is 6.12. The van der Waals surface area contributed by atoms with Gasteiger partial charge in [-0.25, -0.2) is 4.98 Å². The van der Waals surface area contributed by atoms with Gasteiger partial charge in [-0.1, -0.05) is 20.4 Å². The van der Waals surface area contributed by atoms with Gasteiger partial charge in [0.2, 0.25) is 5.91 Å². The third kappa shape index (κ3) is 4.13. The number of aryl methyl sites for hydroxylation is 1. The minimum absolute atomic E-state index is 0.0148. The number of fused-ring (bicyclic) bond motifs is 2. The fourth-order valence-electron chi connectivity index (χ4n) is 6.44. The molecule has 210 valence electrons. The second-order valence-electron chi connectivity index (χ2n) is 11.7. The minimum Gasteiger partial charge on any atom is -0.338 e. The Morgan fingerprint density at radius 3 is 2.65 bits per heavy atom. The molecule has 3 atom stereocenters. The molecule has 3 unspecified atom stereocenters. The molecular formula is C29H30F3N5O2S. The molecule has 1 saturated carbocycles. The summed E-state index contributed by atoms with van der Waals surface area (Å²) in [6, 6.07) is 4.38. The number of carbonyl (C=O) groups is 2. The molecule has 3 aromatic heterocycles. The first-order chi connectivity index (χ1) is 18.8. The molecule has 0 bridgehead atoms. The second kappa shape index (κ2) is 9.10. The molecule has 3 fully saturated rings. The van der Waals surface area contributed by atoms with Crippen LogP contribution in [0.15, 0.2) is 36.7 Å². The summed E-state index contributed by atoms with van der Waals surface area (Å²) in [5.41, 5.74) is 6.80. The van der Waals surface area contributed by atoms with Crippen molar-refractivity contribution in [3.63, 3.8) is 0 Å². The first-order valence-corrected chi connectivity index (χ1v) is 14.1. The molecular weight excluding hydrogens is 539 g/mol. The number of thiophene rings is 1. The molecule has 5 heterocycles. The zero-order valence-electron chi connectivity index (χ0n) is 22.5. The van der Waals surface area contributed by atoms with Crippen LogP contribution in [0.2, 0.25) is 0 Å². The zero-order chi connectivity index (χ0) is 28.7. The van der Waals surface area contributed by atoms with E-state index in [0.717, 1.165) is 23.1 Å². The van der Waals surface area contributed by atoms with Crippen molar-refractivity contribution in [2.75, 3.05) is 19.6 Å². The Morgan fingerprint density at radius 1 is 1.27 bits per heavy atom. The monoisotopic (exact) mass is 569 g/mol. The summed E-state index contributed by atoms with van der Waals surface area (Å²) < 4.78 is 42.2. The van der Waals surface area contributed by atoms with E-state index in [9.17, 15) is 22.8 Å². The number of halogens is 3. The number of hydrogen-bond donors (Lipinski definition) is 1. The molecule has 0 spiro atoms. The predicted molar refractivity (Wildman–Crippen MR) is 146 cm³/mol. The maximum absolute atomic E-state index is 13.9. The van der Waals surface area contributed by atoms with E-state index >= 15 is 0 Å². The standard InChI is InChI=1S/C29H30F3N5O2S/c1-14-9-20(29(30,31)32)35-24(21(14)26(38)36-8-6-16(11-33)12-36)18-5-7-34-19-10-17(40-25(18)19)13-37-15(2)22-23(27(37)39)28(22,3)4/h5,7,9-10,16,22-23H,2,6,8,11-13,33H2,1,3-4H3. The smallest absolute Gasteiger partial charge is 0.338 e. The lowest BCUT2D eigenvalue weighted by atomic mass is 9.99. The fraction of sp³-hybridized carbons (Fsp3) is 0.448. The van der Waals surface area contributed by atoms with Gasteiger partial charge in [-0.05, 0) is 55.0 Å². The first-order valence-electron chi connectivity index (χ1n) is 13.3. The maximum Gasteiger partial charge on any atom is 0.433 e. The maximum atomic E-state index is 13.9. The summed E-state index contributed by atoms with van der Waals surface area (Å²) in [7, 11) is 0. The lowest BCUT2D eigenvalue weighted by Crippen LogP contribution is -2.31. The molecule has 7 nitrogen and oxygen atoms in total. The van der Waals surface area contributed by atoms with E-state index < -0.39 is 11.9 Å². The van der Waals surface area contributed by atoms with Crippen LogP contribution in [0, 0.1) is 30.1 Å². The summed E-state index contributed by atoms with van der Waals surface area (Å²) in [5, 5.41) is 0. The Balaban J connectivity index is 1.42. The molecule has 2 amide bonds. The van der Waals surface area contributed by atoms with Gasteiger partial charge in [0.25, 0.3) is 5.91 Å². The van der Waals surface area contributed by atoms with Crippen molar-refractivity contribution in [1.29, 1.82) is 0 Å². The number of nitrogens with two attached hydrogens (primary N) is 1. The minimum atomic E-state index is -4.68. The van der Waals surface area contributed by atoms with Crippen molar-refractivity contribution in [1.82, 2.24) is 19.8 Å². The number of pyridine rings is 2. The van der Waals surface area contributed by atoms with E-state index in [2.05, 4.69) is 30.4 Å². The van der Waals surface area contributed by atoms with Crippen molar-refractivity contribution in [2.45, 2.75) is 39.9 Å². The van der Waals surface area contributed by atoms with Gasteiger partial charge in [0, 0.05) is 41.3 Å². The number of amides is 2. The van der Waals surface area contributed by atoms with Gasteiger partial charge in [0.1, 0.15) is 5.69 Å². The Morgan fingerprint density at radius 2 is 2.02 bits per heavy atom. The number of allylic oxidation sites excluding steroid dienone is 1.